The van der Waals surface area contributed by atoms with Gasteiger partial charge in [-0.25, -0.2) is 18.0 Å². The van der Waals surface area contributed by atoms with E-state index in [1.54, 1.807) is 42.5 Å². The molecule has 166 valence electrons. The van der Waals surface area contributed by atoms with E-state index in [-0.39, 0.29) is 17.3 Å². The van der Waals surface area contributed by atoms with Gasteiger partial charge < -0.3 is 9.47 Å². The smallest absolute Gasteiger partial charge is 0.341 e. The first-order valence-electron chi connectivity index (χ1n) is 10.6. The topological polar surface area (TPSA) is 35.5 Å². The lowest BCUT2D eigenvalue weighted by atomic mass is 9.82. The first kappa shape index (κ1) is 21.9. The van der Waals surface area contributed by atoms with Crippen molar-refractivity contribution in [1.82, 2.24) is 0 Å². The molecule has 6 heteroatoms. The van der Waals surface area contributed by atoms with Crippen molar-refractivity contribution in [2.24, 2.45) is 0 Å². The molecule has 0 aromatic heterocycles. The van der Waals surface area contributed by atoms with Crippen molar-refractivity contribution in [3.63, 3.8) is 0 Å². The van der Waals surface area contributed by atoms with E-state index in [0.29, 0.717) is 42.6 Å². The SMILES string of the molecule is COc1ccc(C2CCC(OC(=O)c3ccc(-c4ccccc4)c(F)c3F)CC2)c(F)c1. The van der Waals surface area contributed by atoms with E-state index in [4.69, 9.17) is 9.47 Å². The van der Waals surface area contributed by atoms with Crippen LogP contribution in [-0.2, 0) is 4.74 Å². The van der Waals surface area contributed by atoms with Gasteiger partial charge in [0.15, 0.2) is 11.6 Å². The third kappa shape index (κ3) is 4.49. The summed E-state index contributed by atoms with van der Waals surface area (Å²) < 4.78 is 54.0. The number of carbonyl (C=O) groups is 1. The average Bonchev–Trinajstić information content (AvgIpc) is 2.82. The van der Waals surface area contributed by atoms with Crippen LogP contribution in [0, 0.1) is 17.5 Å². The maximum absolute atomic E-state index is 14.6. The van der Waals surface area contributed by atoms with Gasteiger partial charge in [0, 0.05) is 11.6 Å². The lowest BCUT2D eigenvalue weighted by Gasteiger charge is -2.29. The zero-order valence-electron chi connectivity index (χ0n) is 17.6. The molecule has 0 bridgehead atoms. The number of halogens is 3. The quantitative estimate of drug-likeness (QED) is 0.416. The Kier molecular flexibility index (Phi) is 6.49. The fourth-order valence-corrected chi connectivity index (χ4v) is 4.22. The molecule has 0 radical (unpaired) electrons. The Morgan fingerprint density at radius 1 is 0.875 bits per heavy atom. The summed E-state index contributed by atoms with van der Waals surface area (Å²) in [7, 11) is 1.48. The molecule has 0 unspecified atom stereocenters. The lowest BCUT2D eigenvalue weighted by molar-refractivity contribution is 0.0188. The number of ether oxygens (including phenoxy) is 2. The molecule has 0 heterocycles. The van der Waals surface area contributed by atoms with Crippen molar-refractivity contribution in [3.8, 4) is 16.9 Å². The number of hydrogen-bond acceptors (Lipinski definition) is 3. The average molecular weight is 440 g/mol. The maximum atomic E-state index is 14.6. The third-order valence-electron chi connectivity index (χ3n) is 5.98. The Morgan fingerprint density at radius 3 is 2.25 bits per heavy atom. The molecular formula is C26H23F3O3. The van der Waals surface area contributed by atoms with Crippen LogP contribution in [0.2, 0.25) is 0 Å². The number of rotatable bonds is 5. The first-order valence-corrected chi connectivity index (χ1v) is 10.6. The highest BCUT2D eigenvalue weighted by molar-refractivity contribution is 5.90. The fourth-order valence-electron chi connectivity index (χ4n) is 4.22. The van der Waals surface area contributed by atoms with E-state index in [0.717, 1.165) is 0 Å². The third-order valence-corrected chi connectivity index (χ3v) is 5.98. The van der Waals surface area contributed by atoms with Crippen LogP contribution in [0.15, 0.2) is 60.7 Å². The second-order valence-electron chi connectivity index (χ2n) is 7.92. The molecule has 0 aliphatic heterocycles. The molecule has 4 rings (SSSR count). The summed E-state index contributed by atoms with van der Waals surface area (Å²) in [6, 6.07) is 16.0. The van der Waals surface area contributed by atoms with Crippen molar-refractivity contribution in [2.45, 2.75) is 37.7 Å². The van der Waals surface area contributed by atoms with Crippen molar-refractivity contribution in [1.29, 1.82) is 0 Å². The molecule has 1 aliphatic carbocycles. The predicted octanol–water partition coefficient (Wildman–Crippen LogP) is 6.66. The minimum Gasteiger partial charge on any atom is -0.497 e. The van der Waals surface area contributed by atoms with E-state index in [1.165, 1.54) is 25.3 Å². The molecule has 32 heavy (non-hydrogen) atoms. The van der Waals surface area contributed by atoms with Crippen LogP contribution < -0.4 is 4.74 Å². The molecular weight excluding hydrogens is 417 g/mol. The summed E-state index contributed by atoms with van der Waals surface area (Å²) in [5.41, 5.74) is 0.792. The van der Waals surface area contributed by atoms with E-state index >= 15 is 0 Å². The largest absolute Gasteiger partial charge is 0.497 e. The molecule has 0 spiro atoms. The Labute approximate surface area is 184 Å². The van der Waals surface area contributed by atoms with Crippen molar-refractivity contribution < 1.29 is 27.4 Å². The Morgan fingerprint density at radius 2 is 1.59 bits per heavy atom. The number of methoxy groups -OCH3 is 1. The van der Waals surface area contributed by atoms with Gasteiger partial charge in [-0.1, -0.05) is 42.5 Å². The second kappa shape index (κ2) is 9.47. The summed E-state index contributed by atoms with van der Waals surface area (Å²) in [5, 5.41) is 0. The fraction of sp³-hybridized carbons (Fsp3) is 0.269. The van der Waals surface area contributed by atoms with Gasteiger partial charge in [0.05, 0.1) is 12.7 Å². The maximum Gasteiger partial charge on any atom is 0.341 e. The number of hydrogen-bond donors (Lipinski definition) is 0. The number of carbonyl (C=O) groups excluding carboxylic acids is 1. The molecule has 0 saturated heterocycles. The normalized spacial score (nSPS) is 18.2. The van der Waals surface area contributed by atoms with Crippen molar-refractivity contribution >= 4 is 5.97 Å². The lowest BCUT2D eigenvalue weighted by Crippen LogP contribution is -2.25. The Bertz CT molecular complexity index is 1110. The highest BCUT2D eigenvalue weighted by Crippen LogP contribution is 2.36. The molecule has 0 atom stereocenters. The summed E-state index contributed by atoms with van der Waals surface area (Å²) in [5.74, 6) is -3.03. The predicted molar refractivity (Wildman–Crippen MR) is 115 cm³/mol. The minimum absolute atomic E-state index is 0.00944. The van der Waals surface area contributed by atoms with Crippen LogP contribution in [-0.4, -0.2) is 19.2 Å². The molecule has 3 nitrogen and oxygen atoms in total. The van der Waals surface area contributed by atoms with Gasteiger partial charge in [-0.05, 0) is 54.9 Å². The van der Waals surface area contributed by atoms with Gasteiger partial charge in [0.2, 0.25) is 0 Å². The van der Waals surface area contributed by atoms with Crippen molar-refractivity contribution in [3.05, 3.63) is 89.2 Å². The van der Waals surface area contributed by atoms with Gasteiger partial charge in [-0.2, -0.15) is 0 Å². The number of benzene rings is 3. The zero-order valence-corrected chi connectivity index (χ0v) is 17.6. The van der Waals surface area contributed by atoms with E-state index in [1.807, 2.05) is 0 Å². The monoisotopic (exact) mass is 440 g/mol. The molecule has 0 amide bonds. The van der Waals surface area contributed by atoms with Gasteiger partial charge in [0.1, 0.15) is 17.7 Å². The van der Waals surface area contributed by atoms with Crippen LogP contribution in [0.1, 0.15) is 47.5 Å². The number of esters is 1. The molecule has 3 aromatic carbocycles. The van der Waals surface area contributed by atoms with Crippen LogP contribution in [0.3, 0.4) is 0 Å². The van der Waals surface area contributed by atoms with Crippen LogP contribution in [0.25, 0.3) is 11.1 Å². The minimum atomic E-state index is -1.22. The zero-order chi connectivity index (χ0) is 22.7. The molecule has 0 N–H and O–H groups in total. The van der Waals surface area contributed by atoms with E-state index in [2.05, 4.69) is 0 Å². The molecule has 1 fully saturated rings. The summed E-state index contributed by atoms with van der Waals surface area (Å²) >= 11 is 0. The van der Waals surface area contributed by atoms with E-state index in [9.17, 15) is 18.0 Å². The first-order chi connectivity index (χ1) is 15.5. The van der Waals surface area contributed by atoms with E-state index < -0.39 is 29.3 Å². The Hall–Kier alpha value is -3.28. The summed E-state index contributed by atoms with van der Waals surface area (Å²) in [4.78, 5) is 12.5. The van der Waals surface area contributed by atoms with Crippen molar-refractivity contribution in [2.75, 3.05) is 7.11 Å². The van der Waals surface area contributed by atoms with Gasteiger partial charge in [-0.15, -0.1) is 0 Å². The van der Waals surface area contributed by atoms with Gasteiger partial charge in [-0.3, -0.25) is 0 Å². The van der Waals surface area contributed by atoms with Crippen LogP contribution >= 0.6 is 0 Å². The standard InChI is InChI=1S/C26H23F3O3/c1-31-19-11-12-20(23(27)15-19)17-7-9-18(10-8-17)32-26(30)22-14-13-21(24(28)25(22)29)16-5-3-2-4-6-16/h2-6,11-15,17-18H,7-10H2,1H3. The molecule has 3 aromatic rings. The summed E-state index contributed by atoms with van der Waals surface area (Å²) in [6.07, 6.45) is 1.88. The summed E-state index contributed by atoms with van der Waals surface area (Å²) in [6.45, 7) is 0. The molecule has 1 aliphatic rings. The highest BCUT2D eigenvalue weighted by atomic mass is 19.2. The molecule has 1 saturated carbocycles. The van der Waals surface area contributed by atoms with Gasteiger partial charge >= 0.3 is 5.97 Å². The van der Waals surface area contributed by atoms with Gasteiger partial charge in [0.25, 0.3) is 0 Å². The highest BCUT2D eigenvalue weighted by Gasteiger charge is 2.28. The Balaban J connectivity index is 1.41. The van der Waals surface area contributed by atoms with Crippen LogP contribution in [0.5, 0.6) is 5.75 Å². The second-order valence-corrected chi connectivity index (χ2v) is 7.92. The van der Waals surface area contributed by atoms with Crippen LogP contribution in [0.4, 0.5) is 13.2 Å².